The summed E-state index contributed by atoms with van der Waals surface area (Å²) < 4.78 is 0. The molecule has 1 rings (SSSR count). The van der Waals surface area contributed by atoms with E-state index in [-0.39, 0.29) is 24.4 Å². The van der Waals surface area contributed by atoms with E-state index in [0.29, 0.717) is 0 Å². The summed E-state index contributed by atoms with van der Waals surface area (Å²) in [5.41, 5.74) is -1.78. The van der Waals surface area contributed by atoms with E-state index in [1.54, 1.807) is 0 Å². The molecule has 19 heavy (non-hydrogen) atoms. The fraction of sp³-hybridized carbons (Fsp3) is 0.583. The number of urea groups is 1. The smallest absolute Gasteiger partial charge is 0.300 e. The number of amides is 4. The summed E-state index contributed by atoms with van der Waals surface area (Å²) in [5.74, 6) is -2.38. The Bertz CT molecular complexity index is 441. The van der Waals surface area contributed by atoms with Crippen molar-refractivity contribution in [3.63, 3.8) is 0 Å². The van der Waals surface area contributed by atoms with Crippen LogP contribution < -0.4 is 0 Å². The molecule has 0 radical (unpaired) electrons. The van der Waals surface area contributed by atoms with Crippen LogP contribution in [0.5, 0.6) is 0 Å². The minimum absolute atomic E-state index is 0.383. The average molecular weight is 268 g/mol. The zero-order valence-corrected chi connectivity index (χ0v) is 11.3. The van der Waals surface area contributed by atoms with Gasteiger partial charge in [-0.15, -0.1) is 0 Å². The van der Waals surface area contributed by atoms with Crippen molar-refractivity contribution in [3.8, 4) is 0 Å². The summed E-state index contributed by atoms with van der Waals surface area (Å²) in [6.45, 7) is 2.47. The van der Waals surface area contributed by atoms with E-state index >= 15 is 0 Å². The predicted molar refractivity (Wildman–Crippen MR) is 64.0 cm³/mol. The number of ketones is 2. The molecule has 1 aliphatic rings. The summed E-state index contributed by atoms with van der Waals surface area (Å²) in [6.07, 6.45) is -0.765. The van der Waals surface area contributed by atoms with Gasteiger partial charge in [-0.3, -0.25) is 29.0 Å². The Balaban J connectivity index is 3.36. The van der Waals surface area contributed by atoms with Gasteiger partial charge in [-0.25, -0.2) is 4.79 Å². The lowest BCUT2D eigenvalue weighted by atomic mass is 9.75. The van der Waals surface area contributed by atoms with Gasteiger partial charge in [0.2, 0.25) is 11.8 Å². The molecule has 1 saturated heterocycles. The van der Waals surface area contributed by atoms with Crippen molar-refractivity contribution in [1.29, 1.82) is 0 Å². The van der Waals surface area contributed by atoms with Crippen LogP contribution in [0.4, 0.5) is 4.79 Å². The molecular formula is C12H16N2O5. The number of Topliss-reactive ketones (excluding diaryl/α,β-unsaturated/α-hetero) is 2. The first-order valence-electron chi connectivity index (χ1n) is 5.72. The van der Waals surface area contributed by atoms with Crippen molar-refractivity contribution < 1.29 is 24.0 Å². The van der Waals surface area contributed by atoms with Gasteiger partial charge < -0.3 is 0 Å². The molecule has 1 aliphatic heterocycles. The van der Waals surface area contributed by atoms with Gasteiger partial charge in [0.15, 0.2) is 0 Å². The minimum atomic E-state index is -1.78. The Hall–Kier alpha value is -2.05. The zero-order chi connectivity index (χ0) is 15.0. The molecule has 0 unspecified atom stereocenters. The normalized spacial score (nSPS) is 18.8. The number of hydrogen-bond donors (Lipinski definition) is 0. The number of imide groups is 2. The molecule has 0 atom stereocenters. The maximum Gasteiger partial charge on any atom is 0.332 e. The molecule has 0 N–H and O–H groups in total. The second kappa shape index (κ2) is 4.91. The predicted octanol–water partition coefficient (Wildman–Crippen LogP) is -0.0186. The maximum atomic E-state index is 12.2. The van der Waals surface area contributed by atoms with E-state index in [1.165, 1.54) is 27.9 Å². The van der Waals surface area contributed by atoms with Crippen LogP contribution in [0.25, 0.3) is 0 Å². The number of rotatable bonds is 4. The second-order valence-electron chi connectivity index (χ2n) is 4.85. The molecule has 0 bridgehead atoms. The molecule has 104 valence electrons. The number of carbonyl (C=O) groups is 5. The van der Waals surface area contributed by atoms with Gasteiger partial charge in [-0.1, -0.05) is 0 Å². The maximum absolute atomic E-state index is 12.2. The fourth-order valence-corrected chi connectivity index (χ4v) is 2.35. The van der Waals surface area contributed by atoms with Crippen LogP contribution >= 0.6 is 0 Å². The first-order valence-corrected chi connectivity index (χ1v) is 5.72. The first-order chi connectivity index (χ1) is 8.63. The van der Waals surface area contributed by atoms with Gasteiger partial charge in [-0.2, -0.15) is 0 Å². The molecule has 7 nitrogen and oxygen atoms in total. The summed E-state index contributed by atoms with van der Waals surface area (Å²) >= 11 is 0. The van der Waals surface area contributed by atoms with Crippen LogP contribution in [-0.4, -0.2) is 53.3 Å². The molecule has 7 heteroatoms. The Morgan fingerprint density at radius 3 is 1.47 bits per heavy atom. The lowest BCUT2D eigenvalue weighted by molar-refractivity contribution is -0.161. The van der Waals surface area contributed by atoms with Crippen molar-refractivity contribution in [1.82, 2.24) is 9.80 Å². The number of carbonyl (C=O) groups excluding carboxylic acids is 5. The molecule has 0 aromatic heterocycles. The standard InChI is InChI=1S/C12H16N2O5/c1-7(15)5-12(6-8(2)16)9(17)13(3)11(19)14(4)10(12)18/h5-6H2,1-4H3. The lowest BCUT2D eigenvalue weighted by Gasteiger charge is -2.40. The summed E-state index contributed by atoms with van der Waals surface area (Å²) in [6, 6.07) is -0.766. The van der Waals surface area contributed by atoms with Crippen LogP contribution in [0.3, 0.4) is 0 Å². The van der Waals surface area contributed by atoms with Gasteiger partial charge in [0, 0.05) is 26.9 Å². The topological polar surface area (TPSA) is 91.8 Å². The Morgan fingerprint density at radius 1 is 0.895 bits per heavy atom. The molecule has 1 fully saturated rings. The quantitative estimate of drug-likeness (QED) is 0.668. The lowest BCUT2D eigenvalue weighted by Crippen LogP contribution is -2.63. The van der Waals surface area contributed by atoms with Crippen LogP contribution in [0.1, 0.15) is 26.7 Å². The third-order valence-electron chi connectivity index (χ3n) is 3.10. The Morgan fingerprint density at radius 2 is 1.21 bits per heavy atom. The average Bonchev–Trinajstić information content (AvgIpc) is 2.30. The van der Waals surface area contributed by atoms with Crippen molar-refractivity contribution in [2.45, 2.75) is 26.7 Å². The third kappa shape index (κ3) is 2.40. The number of nitrogens with zero attached hydrogens (tertiary/aromatic N) is 2. The Kier molecular flexibility index (Phi) is 3.88. The van der Waals surface area contributed by atoms with Crippen molar-refractivity contribution in [2.24, 2.45) is 5.41 Å². The van der Waals surface area contributed by atoms with Gasteiger partial charge >= 0.3 is 6.03 Å². The molecule has 0 aromatic rings. The zero-order valence-electron chi connectivity index (χ0n) is 11.3. The van der Waals surface area contributed by atoms with E-state index in [1.807, 2.05) is 0 Å². The third-order valence-corrected chi connectivity index (χ3v) is 3.10. The van der Waals surface area contributed by atoms with Gasteiger partial charge in [0.25, 0.3) is 0 Å². The highest BCUT2D eigenvalue weighted by molar-refractivity contribution is 6.21. The molecule has 0 aliphatic carbocycles. The monoisotopic (exact) mass is 268 g/mol. The van der Waals surface area contributed by atoms with Crippen LogP contribution in [0, 0.1) is 5.41 Å². The molecule has 0 aromatic carbocycles. The number of hydrogen-bond acceptors (Lipinski definition) is 5. The highest BCUT2D eigenvalue weighted by Crippen LogP contribution is 2.35. The fourth-order valence-electron chi connectivity index (χ4n) is 2.35. The van der Waals surface area contributed by atoms with Gasteiger partial charge in [0.1, 0.15) is 17.0 Å². The summed E-state index contributed by atoms with van der Waals surface area (Å²) in [7, 11) is 2.45. The molecule has 0 saturated carbocycles. The molecule has 0 spiro atoms. The largest absolute Gasteiger partial charge is 0.332 e. The molecule has 1 heterocycles. The molecule has 4 amide bonds. The minimum Gasteiger partial charge on any atom is -0.300 e. The van der Waals surface area contributed by atoms with Crippen molar-refractivity contribution in [2.75, 3.05) is 14.1 Å². The Labute approximate surface area is 110 Å². The van der Waals surface area contributed by atoms with Gasteiger partial charge in [0.05, 0.1) is 0 Å². The van der Waals surface area contributed by atoms with Crippen molar-refractivity contribution >= 4 is 29.4 Å². The van der Waals surface area contributed by atoms with Crippen LogP contribution in [0.2, 0.25) is 0 Å². The van der Waals surface area contributed by atoms with Crippen LogP contribution in [0.15, 0.2) is 0 Å². The number of barbiturate groups is 1. The highest BCUT2D eigenvalue weighted by Gasteiger charge is 2.56. The van der Waals surface area contributed by atoms with Crippen molar-refractivity contribution in [3.05, 3.63) is 0 Å². The van der Waals surface area contributed by atoms with E-state index in [4.69, 9.17) is 0 Å². The second-order valence-corrected chi connectivity index (χ2v) is 4.85. The van der Waals surface area contributed by atoms with E-state index < -0.39 is 23.3 Å². The molecular weight excluding hydrogens is 252 g/mol. The highest BCUT2D eigenvalue weighted by atomic mass is 16.2. The summed E-state index contributed by atoms with van der Waals surface area (Å²) in [5, 5.41) is 0. The van der Waals surface area contributed by atoms with E-state index in [2.05, 4.69) is 0 Å². The van der Waals surface area contributed by atoms with Gasteiger partial charge in [-0.05, 0) is 13.8 Å². The van der Waals surface area contributed by atoms with E-state index in [0.717, 1.165) is 9.80 Å². The summed E-state index contributed by atoms with van der Waals surface area (Å²) in [4.78, 5) is 60.4. The SMILES string of the molecule is CC(=O)CC1(CC(C)=O)C(=O)N(C)C(=O)N(C)C1=O. The first kappa shape index (κ1) is 15.0. The van der Waals surface area contributed by atoms with E-state index in [9.17, 15) is 24.0 Å². The van der Waals surface area contributed by atoms with Crippen LogP contribution in [-0.2, 0) is 19.2 Å².